The van der Waals surface area contributed by atoms with E-state index in [1.807, 2.05) is 20.8 Å². The Labute approximate surface area is 134 Å². The summed E-state index contributed by atoms with van der Waals surface area (Å²) in [4.78, 5) is 36.1. The molecule has 0 fully saturated rings. The maximum atomic E-state index is 12.1. The summed E-state index contributed by atoms with van der Waals surface area (Å²) in [5.41, 5.74) is -1.04. The van der Waals surface area contributed by atoms with E-state index in [0.29, 0.717) is 0 Å². The molecule has 1 N–H and O–H groups in total. The van der Waals surface area contributed by atoms with Gasteiger partial charge in [0, 0.05) is 5.54 Å². The van der Waals surface area contributed by atoms with E-state index in [4.69, 9.17) is 9.15 Å². The third-order valence-electron chi connectivity index (χ3n) is 2.64. The minimum absolute atomic E-state index is 0.0622. The van der Waals surface area contributed by atoms with Gasteiger partial charge in [-0.25, -0.2) is 14.4 Å². The van der Waals surface area contributed by atoms with Crippen LogP contribution in [0.2, 0.25) is 0 Å². The number of ether oxygens (including phenoxy) is 3. The van der Waals surface area contributed by atoms with E-state index in [2.05, 4.69) is 14.8 Å². The fourth-order valence-electron chi connectivity index (χ4n) is 1.79. The molecule has 1 aromatic heterocycles. The van der Waals surface area contributed by atoms with Crippen molar-refractivity contribution in [3.63, 3.8) is 0 Å². The van der Waals surface area contributed by atoms with Crippen molar-refractivity contribution in [1.82, 2.24) is 0 Å². The molecule has 0 amide bonds. The molecule has 0 radical (unpaired) electrons. The predicted molar refractivity (Wildman–Crippen MR) is 80.7 cm³/mol. The van der Waals surface area contributed by atoms with Crippen LogP contribution in [0.3, 0.4) is 0 Å². The lowest BCUT2D eigenvalue weighted by Crippen LogP contribution is -2.27. The lowest BCUT2D eigenvalue weighted by atomic mass is 10.1. The zero-order valence-electron chi connectivity index (χ0n) is 14.1. The summed E-state index contributed by atoms with van der Waals surface area (Å²) >= 11 is 0. The first-order chi connectivity index (χ1) is 10.7. The molecule has 0 spiro atoms. The number of carbonyl (C=O) groups excluding carboxylic acids is 3. The molecule has 1 heterocycles. The van der Waals surface area contributed by atoms with Crippen molar-refractivity contribution in [2.24, 2.45) is 0 Å². The lowest BCUT2D eigenvalue weighted by molar-refractivity contribution is 0.0469. The average molecular weight is 327 g/mol. The van der Waals surface area contributed by atoms with E-state index in [9.17, 15) is 14.4 Å². The third kappa shape index (κ3) is 4.24. The summed E-state index contributed by atoms with van der Waals surface area (Å²) in [5, 5.41) is 2.92. The largest absolute Gasteiger partial charge is 0.465 e. The second-order valence-corrected chi connectivity index (χ2v) is 5.59. The van der Waals surface area contributed by atoms with Crippen LogP contribution in [-0.4, -0.2) is 44.3 Å². The summed E-state index contributed by atoms with van der Waals surface area (Å²) in [6.45, 7) is 7.14. The highest BCUT2D eigenvalue weighted by atomic mass is 16.6. The summed E-state index contributed by atoms with van der Waals surface area (Å²) in [6.07, 6.45) is 0. The van der Waals surface area contributed by atoms with Gasteiger partial charge < -0.3 is 23.9 Å². The summed E-state index contributed by atoms with van der Waals surface area (Å²) in [7, 11) is 2.28. The molecule has 0 aliphatic carbocycles. The molecule has 0 saturated heterocycles. The van der Waals surface area contributed by atoms with Gasteiger partial charge in [-0.3, -0.25) is 0 Å². The minimum atomic E-state index is -0.904. The molecule has 0 bridgehead atoms. The Morgan fingerprint density at radius 1 is 1.00 bits per heavy atom. The smallest absolute Gasteiger partial charge is 0.375 e. The van der Waals surface area contributed by atoms with Gasteiger partial charge in [0.15, 0.2) is 0 Å². The number of carbonyl (C=O) groups is 3. The molecule has 0 aliphatic heterocycles. The van der Waals surface area contributed by atoms with Crippen LogP contribution in [0.1, 0.15) is 59.0 Å². The van der Waals surface area contributed by atoms with Crippen LogP contribution in [0.15, 0.2) is 4.42 Å². The maximum absolute atomic E-state index is 12.1. The van der Waals surface area contributed by atoms with E-state index in [1.54, 1.807) is 6.92 Å². The van der Waals surface area contributed by atoms with Crippen molar-refractivity contribution in [3.8, 4) is 0 Å². The molecule has 0 unspecified atom stereocenters. The maximum Gasteiger partial charge on any atom is 0.375 e. The summed E-state index contributed by atoms with van der Waals surface area (Å²) < 4.78 is 19.6. The van der Waals surface area contributed by atoms with E-state index in [1.165, 1.54) is 0 Å². The number of hydrogen-bond donors (Lipinski definition) is 1. The van der Waals surface area contributed by atoms with Crippen LogP contribution in [0.4, 0.5) is 5.88 Å². The Morgan fingerprint density at radius 2 is 1.52 bits per heavy atom. The van der Waals surface area contributed by atoms with E-state index >= 15 is 0 Å². The molecule has 8 nitrogen and oxygen atoms in total. The van der Waals surface area contributed by atoms with Crippen LogP contribution in [-0.2, 0) is 14.2 Å². The second-order valence-electron chi connectivity index (χ2n) is 5.59. The van der Waals surface area contributed by atoms with Crippen LogP contribution in [0.25, 0.3) is 0 Å². The average Bonchev–Trinajstić information content (AvgIpc) is 2.83. The van der Waals surface area contributed by atoms with Crippen molar-refractivity contribution >= 4 is 23.8 Å². The van der Waals surface area contributed by atoms with Gasteiger partial charge in [0.2, 0.25) is 11.6 Å². The first-order valence-electron chi connectivity index (χ1n) is 6.95. The number of anilines is 1. The van der Waals surface area contributed by atoms with E-state index < -0.39 is 29.2 Å². The molecule has 0 aromatic carbocycles. The van der Waals surface area contributed by atoms with Gasteiger partial charge in [0.05, 0.1) is 20.8 Å². The molecule has 8 heteroatoms. The molecule has 0 saturated carbocycles. The fraction of sp³-hybridized carbons (Fsp3) is 0.533. The summed E-state index contributed by atoms with van der Waals surface area (Å²) in [5.74, 6) is -3.09. The van der Waals surface area contributed by atoms with Crippen molar-refractivity contribution in [2.45, 2.75) is 33.2 Å². The van der Waals surface area contributed by atoms with E-state index in [0.717, 1.165) is 14.2 Å². The SMILES string of the molecule is CCOC(=O)c1oc(NC(C)(C)C)c(C(=O)OC)c1C(=O)OC. The van der Waals surface area contributed by atoms with Gasteiger partial charge in [-0.1, -0.05) is 0 Å². The van der Waals surface area contributed by atoms with Crippen LogP contribution in [0, 0.1) is 0 Å². The van der Waals surface area contributed by atoms with Gasteiger partial charge in [-0.05, 0) is 27.7 Å². The van der Waals surface area contributed by atoms with Gasteiger partial charge >= 0.3 is 17.9 Å². The number of rotatable bonds is 5. The molecule has 0 atom stereocenters. The van der Waals surface area contributed by atoms with Crippen molar-refractivity contribution in [1.29, 1.82) is 0 Å². The zero-order chi connectivity index (χ0) is 17.8. The highest BCUT2D eigenvalue weighted by Crippen LogP contribution is 2.31. The monoisotopic (exact) mass is 327 g/mol. The van der Waals surface area contributed by atoms with E-state index in [-0.39, 0.29) is 23.6 Å². The fourth-order valence-corrected chi connectivity index (χ4v) is 1.79. The molecule has 1 rings (SSSR count). The molecular weight excluding hydrogens is 306 g/mol. The highest BCUT2D eigenvalue weighted by Gasteiger charge is 2.36. The first kappa shape index (κ1) is 18.5. The van der Waals surface area contributed by atoms with Crippen LogP contribution < -0.4 is 5.32 Å². The van der Waals surface area contributed by atoms with Gasteiger partial charge in [-0.2, -0.15) is 0 Å². The Bertz CT molecular complexity index is 610. The van der Waals surface area contributed by atoms with Crippen molar-refractivity contribution in [3.05, 3.63) is 16.9 Å². The van der Waals surface area contributed by atoms with Gasteiger partial charge in [0.1, 0.15) is 11.1 Å². The number of hydrogen-bond acceptors (Lipinski definition) is 8. The van der Waals surface area contributed by atoms with Gasteiger partial charge in [0.25, 0.3) is 0 Å². The van der Waals surface area contributed by atoms with Crippen molar-refractivity contribution in [2.75, 3.05) is 26.1 Å². The number of esters is 3. The number of nitrogens with one attached hydrogen (secondary N) is 1. The Balaban J connectivity index is 3.60. The second kappa shape index (κ2) is 7.17. The molecule has 23 heavy (non-hydrogen) atoms. The number of methoxy groups -OCH3 is 2. The molecule has 128 valence electrons. The Hall–Kier alpha value is -2.51. The topological polar surface area (TPSA) is 104 Å². The first-order valence-corrected chi connectivity index (χ1v) is 6.95. The van der Waals surface area contributed by atoms with Gasteiger partial charge in [-0.15, -0.1) is 0 Å². The van der Waals surface area contributed by atoms with Crippen LogP contribution in [0.5, 0.6) is 0 Å². The highest BCUT2D eigenvalue weighted by molar-refractivity contribution is 6.12. The lowest BCUT2D eigenvalue weighted by Gasteiger charge is -2.20. The molecule has 0 aliphatic rings. The standard InChI is InChI=1S/C15H21NO7/c1-7-22-14(19)10-8(12(17)20-5)9(13(18)21-6)11(23-10)16-15(2,3)4/h16H,7H2,1-6H3. The minimum Gasteiger partial charge on any atom is -0.465 e. The summed E-state index contributed by atoms with van der Waals surface area (Å²) in [6, 6.07) is 0. The molecule has 1 aromatic rings. The zero-order valence-corrected chi connectivity index (χ0v) is 14.1. The Morgan fingerprint density at radius 3 is 1.96 bits per heavy atom. The number of furan rings is 1. The van der Waals surface area contributed by atoms with Crippen molar-refractivity contribution < 1.29 is 33.0 Å². The van der Waals surface area contributed by atoms with Crippen LogP contribution >= 0.6 is 0 Å². The predicted octanol–water partition coefficient (Wildman–Crippen LogP) is 2.24. The quantitative estimate of drug-likeness (QED) is 0.648. The Kier molecular flexibility index (Phi) is 5.78. The molecular formula is C15H21NO7. The normalized spacial score (nSPS) is 10.9. The third-order valence-corrected chi connectivity index (χ3v) is 2.64.